The van der Waals surface area contributed by atoms with Crippen LogP contribution in [0.1, 0.15) is 58.9 Å². The molecular weight excluding hydrogens is 341 g/mol. The summed E-state index contributed by atoms with van der Waals surface area (Å²) < 4.78 is 19.4. The maximum absolute atomic E-state index is 13.5. The number of benzene rings is 1. The van der Waals surface area contributed by atoms with E-state index in [0.717, 1.165) is 29.8 Å². The predicted octanol–water partition coefficient (Wildman–Crippen LogP) is 5.87. The Labute approximate surface area is 163 Å². The first kappa shape index (κ1) is 21.5. The summed E-state index contributed by atoms with van der Waals surface area (Å²) in [5.41, 5.74) is 2.40. The minimum Gasteiger partial charge on any atom is -0.461 e. The van der Waals surface area contributed by atoms with Crippen molar-refractivity contribution in [3.63, 3.8) is 0 Å². The molecule has 0 aliphatic heterocycles. The fraction of sp³-hybridized carbons (Fsp3) is 0.609. The van der Waals surface area contributed by atoms with E-state index >= 15 is 0 Å². The molecule has 0 heterocycles. The highest BCUT2D eigenvalue weighted by molar-refractivity contribution is 5.78. The van der Waals surface area contributed by atoms with Crippen molar-refractivity contribution in [1.82, 2.24) is 0 Å². The molecule has 0 amide bonds. The molecule has 1 saturated carbocycles. The van der Waals surface area contributed by atoms with Crippen LogP contribution in [0.2, 0.25) is 0 Å². The zero-order valence-electron chi connectivity index (χ0n) is 17.4. The first-order valence-electron chi connectivity index (χ1n) is 10.1. The first-order valence-corrected chi connectivity index (χ1v) is 10.1. The first-order chi connectivity index (χ1) is 12.7. The number of esters is 1. The van der Waals surface area contributed by atoms with Crippen molar-refractivity contribution >= 4 is 11.7 Å². The van der Waals surface area contributed by atoms with E-state index in [4.69, 9.17) is 4.74 Å². The summed E-state index contributed by atoms with van der Waals surface area (Å²) in [5, 5.41) is 0. The Bertz CT molecular complexity index is 670. The molecule has 3 atom stereocenters. The maximum Gasteiger partial charge on any atom is 0.326 e. The number of halogens is 1. The van der Waals surface area contributed by atoms with Gasteiger partial charge in [0.2, 0.25) is 0 Å². The van der Waals surface area contributed by atoms with Crippen molar-refractivity contribution in [3.8, 4) is 0 Å². The summed E-state index contributed by atoms with van der Waals surface area (Å²) >= 11 is 0. The third-order valence-corrected chi connectivity index (χ3v) is 5.77. The maximum atomic E-state index is 13.5. The van der Waals surface area contributed by atoms with E-state index in [0.29, 0.717) is 24.2 Å². The van der Waals surface area contributed by atoms with Gasteiger partial charge in [-0.2, -0.15) is 0 Å². The highest BCUT2D eigenvalue weighted by Crippen LogP contribution is 2.35. The summed E-state index contributed by atoms with van der Waals surface area (Å²) in [6, 6.07) is 4.60. The molecule has 0 aromatic heterocycles. The van der Waals surface area contributed by atoms with Crippen LogP contribution in [-0.2, 0) is 9.53 Å². The molecule has 0 bridgehead atoms. The lowest BCUT2D eigenvalue weighted by Crippen LogP contribution is -2.39. The smallest absolute Gasteiger partial charge is 0.326 e. The Kier molecular flexibility index (Phi) is 7.46. The summed E-state index contributed by atoms with van der Waals surface area (Å²) in [7, 11) is 0. The molecule has 2 rings (SSSR count). The van der Waals surface area contributed by atoms with Crippen LogP contribution in [0.25, 0.3) is 0 Å². The number of carbonyl (C=O) groups is 1. The monoisotopic (exact) mass is 375 g/mol. The normalized spacial score (nSPS) is 22.6. The number of aryl methyl sites for hydroxylation is 1. The average molecular weight is 376 g/mol. The van der Waals surface area contributed by atoms with Gasteiger partial charge in [-0.25, -0.2) is 4.39 Å². The molecule has 1 aromatic rings. The van der Waals surface area contributed by atoms with Crippen LogP contribution >= 0.6 is 0 Å². The fourth-order valence-electron chi connectivity index (χ4n) is 4.07. The minimum absolute atomic E-state index is 0.0210. The van der Waals surface area contributed by atoms with Gasteiger partial charge >= 0.3 is 5.97 Å². The van der Waals surface area contributed by atoms with Crippen molar-refractivity contribution in [2.45, 2.75) is 66.4 Å². The molecule has 1 aliphatic carbocycles. The van der Waals surface area contributed by atoms with E-state index in [1.807, 2.05) is 18.7 Å². The van der Waals surface area contributed by atoms with Crippen LogP contribution in [0, 0.1) is 30.5 Å². The molecule has 0 N–H and O–H groups in total. The highest BCUT2D eigenvalue weighted by atomic mass is 19.1. The van der Waals surface area contributed by atoms with Crippen molar-refractivity contribution in [3.05, 3.63) is 41.9 Å². The van der Waals surface area contributed by atoms with E-state index in [1.54, 1.807) is 6.07 Å². The summed E-state index contributed by atoms with van der Waals surface area (Å²) in [4.78, 5) is 14.6. The predicted molar refractivity (Wildman–Crippen MR) is 109 cm³/mol. The molecule has 0 spiro atoms. The van der Waals surface area contributed by atoms with Gasteiger partial charge in [0.25, 0.3) is 0 Å². The number of allylic oxidation sites excluding steroid dienone is 1. The standard InChI is InChI=1S/C23H34FNO2/c1-7-18(6)25(21-11-9-19(24)13-17(21)5)14-23(26)27-22-12-16(4)8-10-20(22)15(2)3/h9,11,13,15-16,20,22H,6-8,10,12,14H2,1-5H3/t16-,20+,22-/m1/s1. The molecule has 3 nitrogen and oxygen atoms in total. The average Bonchev–Trinajstić information content (AvgIpc) is 2.59. The van der Waals surface area contributed by atoms with Gasteiger partial charge in [0.1, 0.15) is 18.5 Å². The molecule has 1 aliphatic rings. The van der Waals surface area contributed by atoms with Crippen LogP contribution in [0.15, 0.2) is 30.5 Å². The zero-order valence-corrected chi connectivity index (χ0v) is 17.4. The van der Waals surface area contributed by atoms with Crippen molar-refractivity contribution < 1.29 is 13.9 Å². The van der Waals surface area contributed by atoms with Gasteiger partial charge in [-0.3, -0.25) is 4.79 Å². The van der Waals surface area contributed by atoms with Crippen LogP contribution in [-0.4, -0.2) is 18.6 Å². The largest absolute Gasteiger partial charge is 0.461 e. The molecule has 4 heteroatoms. The molecular formula is C23H34FNO2. The topological polar surface area (TPSA) is 29.5 Å². The van der Waals surface area contributed by atoms with Crippen LogP contribution in [0.4, 0.5) is 10.1 Å². The number of carbonyl (C=O) groups excluding carboxylic acids is 1. The molecule has 27 heavy (non-hydrogen) atoms. The van der Waals surface area contributed by atoms with Crippen molar-refractivity contribution in [1.29, 1.82) is 0 Å². The van der Waals surface area contributed by atoms with Crippen LogP contribution in [0.5, 0.6) is 0 Å². The number of nitrogens with zero attached hydrogens (tertiary/aromatic N) is 1. The third kappa shape index (κ3) is 5.57. The van der Waals surface area contributed by atoms with E-state index in [-0.39, 0.29) is 24.4 Å². The molecule has 1 fully saturated rings. The fourth-order valence-corrected chi connectivity index (χ4v) is 4.07. The number of hydrogen-bond donors (Lipinski definition) is 0. The summed E-state index contributed by atoms with van der Waals surface area (Å²) in [5.74, 6) is 0.977. The molecule has 150 valence electrons. The molecule has 0 saturated heterocycles. The third-order valence-electron chi connectivity index (χ3n) is 5.77. The second-order valence-corrected chi connectivity index (χ2v) is 8.29. The summed E-state index contributed by atoms with van der Waals surface area (Å²) in [6.45, 7) is 14.7. The van der Waals surface area contributed by atoms with Gasteiger partial charge in [0, 0.05) is 11.4 Å². The van der Waals surface area contributed by atoms with Gasteiger partial charge in [0.15, 0.2) is 0 Å². The Morgan fingerprint density at radius 2 is 2.07 bits per heavy atom. The second-order valence-electron chi connectivity index (χ2n) is 8.29. The minimum atomic E-state index is -0.281. The lowest BCUT2D eigenvalue weighted by molar-refractivity contribution is -0.154. The zero-order chi connectivity index (χ0) is 20.1. The van der Waals surface area contributed by atoms with E-state index in [9.17, 15) is 9.18 Å². The van der Waals surface area contributed by atoms with Crippen molar-refractivity contribution in [2.75, 3.05) is 11.4 Å². The Balaban J connectivity index is 2.14. The van der Waals surface area contributed by atoms with Gasteiger partial charge in [-0.05, 0) is 67.7 Å². The summed E-state index contributed by atoms with van der Waals surface area (Å²) in [6.07, 6.45) is 3.93. The SMILES string of the molecule is C=C(CC)N(CC(=O)O[C@@H]1C[C@H](C)CC[C@H]1C(C)C)c1ccc(F)cc1C. The van der Waals surface area contributed by atoms with E-state index in [1.165, 1.54) is 18.6 Å². The van der Waals surface area contributed by atoms with Gasteiger partial charge in [-0.15, -0.1) is 0 Å². The number of rotatable bonds is 7. The number of anilines is 1. The number of hydrogen-bond acceptors (Lipinski definition) is 3. The Morgan fingerprint density at radius 1 is 1.37 bits per heavy atom. The molecule has 1 aromatic carbocycles. The Hall–Kier alpha value is -1.84. The van der Waals surface area contributed by atoms with Gasteiger partial charge in [0.05, 0.1) is 0 Å². The quantitative estimate of drug-likeness (QED) is 0.558. The highest BCUT2D eigenvalue weighted by Gasteiger charge is 2.33. The van der Waals surface area contributed by atoms with Crippen LogP contribution < -0.4 is 4.90 Å². The lowest BCUT2D eigenvalue weighted by Gasteiger charge is -2.37. The molecule has 0 unspecified atom stereocenters. The lowest BCUT2D eigenvalue weighted by atomic mass is 9.75. The van der Waals surface area contributed by atoms with Gasteiger partial charge in [-0.1, -0.05) is 40.7 Å². The van der Waals surface area contributed by atoms with Gasteiger partial charge < -0.3 is 9.64 Å². The van der Waals surface area contributed by atoms with Crippen molar-refractivity contribution in [2.24, 2.45) is 17.8 Å². The number of ether oxygens (including phenoxy) is 1. The molecule has 0 radical (unpaired) electrons. The Morgan fingerprint density at radius 3 is 2.67 bits per heavy atom. The van der Waals surface area contributed by atoms with E-state index in [2.05, 4.69) is 27.4 Å². The van der Waals surface area contributed by atoms with Crippen LogP contribution in [0.3, 0.4) is 0 Å². The van der Waals surface area contributed by atoms with E-state index < -0.39 is 0 Å². The second kappa shape index (κ2) is 9.38.